The molecule has 1 atom stereocenters. The fourth-order valence-electron chi connectivity index (χ4n) is 3.76. The highest BCUT2D eigenvalue weighted by atomic mass is 35.5. The summed E-state index contributed by atoms with van der Waals surface area (Å²) >= 11 is 11.9. The molecular formula is C23H28Cl2N2O4S. The number of amides is 1. The minimum atomic E-state index is -3.50. The van der Waals surface area contributed by atoms with Crippen LogP contribution in [0.5, 0.6) is 5.75 Å². The molecule has 0 spiro atoms. The Hall–Kier alpha value is -1.80. The van der Waals surface area contributed by atoms with E-state index in [0.29, 0.717) is 48.1 Å². The predicted octanol–water partition coefficient (Wildman–Crippen LogP) is 4.81. The highest BCUT2D eigenvalue weighted by Gasteiger charge is 2.31. The highest BCUT2D eigenvalue weighted by molar-refractivity contribution is 7.88. The average Bonchev–Trinajstić information content (AvgIpc) is 2.77. The molecule has 1 amide bonds. The number of benzene rings is 2. The van der Waals surface area contributed by atoms with E-state index in [0.717, 1.165) is 11.3 Å². The van der Waals surface area contributed by atoms with Gasteiger partial charge in [0, 0.05) is 19.0 Å². The third-order valence-corrected chi connectivity index (χ3v) is 8.19. The van der Waals surface area contributed by atoms with Crippen LogP contribution in [0.15, 0.2) is 42.5 Å². The van der Waals surface area contributed by atoms with Crippen LogP contribution >= 0.6 is 23.2 Å². The second-order valence-electron chi connectivity index (χ2n) is 7.91. The molecule has 9 heteroatoms. The molecule has 174 valence electrons. The van der Waals surface area contributed by atoms with E-state index in [1.54, 1.807) is 18.2 Å². The van der Waals surface area contributed by atoms with Gasteiger partial charge in [-0.25, -0.2) is 12.7 Å². The van der Waals surface area contributed by atoms with Crippen molar-refractivity contribution >= 4 is 39.1 Å². The fourth-order valence-corrected chi connectivity index (χ4v) is 5.63. The molecule has 32 heavy (non-hydrogen) atoms. The molecule has 0 aromatic heterocycles. The Morgan fingerprint density at radius 2 is 1.78 bits per heavy atom. The fraction of sp³-hybridized carbons (Fsp3) is 0.435. The summed E-state index contributed by atoms with van der Waals surface area (Å²) in [7, 11) is -3.50. The number of nitrogens with zero attached hydrogens (tertiary/aromatic N) is 1. The molecule has 2 aromatic rings. The normalized spacial score (nSPS) is 16.5. The maximum Gasteiger partial charge on any atom is 0.223 e. The molecule has 3 rings (SSSR count). The van der Waals surface area contributed by atoms with Crippen molar-refractivity contribution in [2.24, 2.45) is 5.92 Å². The minimum absolute atomic E-state index is 0.0482. The van der Waals surface area contributed by atoms with Crippen molar-refractivity contribution in [3.05, 3.63) is 63.6 Å². The maximum atomic E-state index is 12.8. The molecule has 1 heterocycles. The van der Waals surface area contributed by atoms with Crippen LogP contribution in [0.3, 0.4) is 0 Å². The lowest BCUT2D eigenvalue weighted by Gasteiger charge is -2.31. The van der Waals surface area contributed by atoms with Crippen molar-refractivity contribution in [2.45, 2.75) is 38.5 Å². The smallest absolute Gasteiger partial charge is 0.223 e. The number of sulfonamides is 1. The molecule has 6 nitrogen and oxygen atoms in total. The van der Waals surface area contributed by atoms with E-state index in [-0.39, 0.29) is 23.6 Å². The molecule has 1 aliphatic heterocycles. The van der Waals surface area contributed by atoms with Gasteiger partial charge in [-0.1, -0.05) is 41.4 Å². The number of carbonyl (C=O) groups excluding carboxylic acids is 1. The molecule has 0 aliphatic carbocycles. The molecule has 1 aliphatic rings. The van der Waals surface area contributed by atoms with E-state index in [1.807, 2.05) is 38.1 Å². The third-order valence-electron chi connectivity index (χ3n) is 5.60. The Kier molecular flexibility index (Phi) is 8.44. The number of hydrogen-bond acceptors (Lipinski definition) is 4. The van der Waals surface area contributed by atoms with Crippen LogP contribution in [0.2, 0.25) is 10.0 Å². The van der Waals surface area contributed by atoms with Crippen molar-refractivity contribution in [1.29, 1.82) is 0 Å². The number of piperidine rings is 1. The molecular weight excluding hydrogens is 471 g/mol. The summed E-state index contributed by atoms with van der Waals surface area (Å²) < 4.78 is 32.5. The van der Waals surface area contributed by atoms with Crippen LogP contribution in [0.25, 0.3) is 0 Å². The van der Waals surface area contributed by atoms with E-state index in [2.05, 4.69) is 5.32 Å². The van der Waals surface area contributed by atoms with Gasteiger partial charge in [-0.3, -0.25) is 4.79 Å². The predicted molar refractivity (Wildman–Crippen MR) is 128 cm³/mol. The van der Waals surface area contributed by atoms with Gasteiger partial charge in [-0.05, 0) is 62.1 Å². The van der Waals surface area contributed by atoms with E-state index in [4.69, 9.17) is 27.9 Å². The number of carbonyl (C=O) groups is 1. The summed E-state index contributed by atoms with van der Waals surface area (Å²) in [4.78, 5) is 12.7. The second kappa shape index (κ2) is 10.9. The summed E-state index contributed by atoms with van der Waals surface area (Å²) in [6.45, 7) is 5.11. The molecule has 1 fully saturated rings. The first kappa shape index (κ1) is 24.8. The quantitative estimate of drug-likeness (QED) is 0.566. The Morgan fingerprint density at radius 1 is 1.12 bits per heavy atom. The topological polar surface area (TPSA) is 75.7 Å². The lowest BCUT2D eigenvalue weighted by Crippen LogP contribution is -2.43. The van der Waals surface area contributed by atoms with Gasteiger partial charge in [0.15, 0.2) is 0 Å². The molecule has 1 N–H and O–H groups in total. The van der Waals surface area contributed by atoms with Gasteiger partial charge in [-0.15, -0.1) is 0 Å². The number of halogens is 2. The van der Waals surface area contributed by atoms with Crippen molar-refractivity contribution in [2.75, 3.05) is 19.7 Å². The van der Waals surface area contributed by atoms with Gasteiger partial charge in [-0.2, -0.15) is 0 Å². The Labute approximate surface area is 199 Å². The largest absolute Gasteiger partial charge is 0.494 e. The lowest BCUT2D eigenvalue weighted by molar-refractivity contribution is -0.126. The number of rotatable bonds is 8. The first-order chi connectivity index (χ1) is 15.2. The first-order valence-corrected chi connectivity index (χ1v) is 13.0. The summed E-state index contributed by atoms with van der Waals surface area (Å²) in [5.41, 5.74) is 1.58. The van der Waals surface area contributed by atoms with Crippen LogP contribution in [0.4, 0.5) is 0 Å². The van der Waals surface area contributed by atoms with Gasteiger partial charge in [0.25, 0.3) is 0 Å². The molecule has 2 aromatic carbocycles. The zero-order valence-corrected chi connectivity index (χ0v) is 20.5. The summed E-state index contributed by atoms with van der Waals surface area (Å²) in [5, 5.41) is 3.77. The van der Waals surface area contributed by atoms with Crippen LogP contribution in [-0.4, -0.2) is 38.3 Å². The number of nitrogens with one attached hydrogen (secondary N) is 1. The van der Waals surface area contributed by atoms with Gasteiger partial charge in [0.1, 0.15) is 5.75 Å². The van der Waals surface area contributed by atoms with Crippen molar-refractivity contribution in [1.82, 2.24) is 9.62 Å². The average molecular weight is 499 g/mol. The Balaban J connectivity index is 1.52. The standard InChI is InChI=1S/C23H28Cl2N2O4S/c1-3-31-20-7-5-18(6-8-20)16(2)26-23(28)19-10-12-27(13-11-19)32(29,30)15-17-4-9-21(24)22(25)14-17/h4-9,14,16,19H,3,10-13,15H2,1-2H3,(H,26,28)/t16-/m1/s1. The van der Waals surface area contributed by atoms with E-state index in [1.165, 1.54) is 4.31 Å². The van der Waals surface area contributed by atoms with Crippen molar-refractivity contribution < 1.29 is 17.9 Å². The molecule has 0 unspecified atom stereocenters. The molecule has 0 saturated carbocycles. The lowest BCUT2D eigenvalue weighted by atomic mass is 9.96. The summed E-state index contributed by atoms with van der Waals surface area (Å²) in [6.07, 6.45) is 0.977. The van der Waals surface area contributed by atoms with Crippen molar-refractivity contribution in [3.63, 3.8) is 0 Å². The Bertz CT molecular complexity index is 1040. The zero-order chi connectivity index (χ0) is 23.3. The summed E-state index contributed by atoms with van der Waals surface area (Å²) in [5.74, 6) is 0.393. The van der Waals surface area contributed by atoms with E-state index >= 15 is 0 Å². The number of ether oxygens (including phenoxy) is 1. The van der Waals surface area contributed by atoms with Crippen LogP contribution in [0, 0.1) is 5.92 Å². The highest BCUT2D eigenvalue weighted by Crippen LogP contribution is 2.26. The van der Waals surface area contributed by atoms with Gasteiger partial charge in [0.05, 0.1) is 28.4 Å². The third kappa shape index (κ3) is 6.38. The van der Waals surface area contributed by atoms with Crippen molar-refractivity contribution in [3.8, 4) is 5.75 Å². The first-order valence-electron chi connectivity index (χ1n) is 10.6. The monoisotopic (exact) mass is 498 g/mol. The minimum Gasteiger partial charge on any atom is -0.494 e. The van der Waals surface area contributed by atoms with E-state index < -0.39 is 10.0 Å². The Morgan fingerprint density at radius 3 is 2.38 bits per heavy atom. The van der Waals surface area contributed by atoms with E-state index in [9.17, 15) is 13.2 Å². The van der Waals surface area contributed by atoms with Crippen LogP contribution < -0.4 is 10.1 Å². The van der Waals surface area contributed by atoms with Gasteiger partial charge in [0.2, 0.25) is 15.9 Å². The van der Waals surface area contributed by atoms with Gasteiger partial charge < -0.3 is 10.1 Å². The molecule has 1 saturated heterocycles. The molecule has 0 radical (unpaired) electrons. The maximum absolute atomic E-state index is 12.8. The zero-order valence-electron chi connectivity index (χ0n) is 18.2. The second-order valence-corrected chi connectivity index (χ2v) is 10.7. The number of hydrogen-bond donors (Lipinski definition) is 1. The summed E-state index contributed by atoms with van der Waals surface area (Å²) in [6, 6.07) is 12.3. The van der Waals surface area contributed by atoms with Crippen LogP contribution in [-0.2, 0) is 20.6 Å². The van der Waals surface area contributed by atoms with Crippen LogP contribution in [0.1, 0.15) is 43.9 Å². The van der Waals surface area contributed by atoms with Gasteiger partial charge >= 0.3 is 0 Å². The SMILES string of the molecule is CCOc1ccc([C@@H](C)NC(=O)C2CCN(S(=O)(=O)Cc3ccc(Cl)c(Cl)c3)CC2)cc1. The molecule has 0 bridgehead atoms.